The fraction of sp³-hybridized carbons (Fsp3) is 0.600. The monoisotopic (exact) mass is 298 g/mol. The van der Waals surface area contributed by atoms with Gasteiger partial charge in [-0.05, 0) is 46.1 Å². The highest BCUT2D eigenvalue weighted by Crippen LogP contribution is 2.25. The van der Waals surface area contributed by atoms with Gasteiger partial charge in [0.2, 0.25) is 0 Å². The molecule has 120 valence electrons. The van der Waals surface area contributed by atoms with Crippen molar-refractivity contribution in [3.63, 3.8) is 0 Å². The van der Waals surface area contributed by atoms with Crippen molar-refractivity contribution >= 4 is 7.32 Å². The Morgan fingerprint density at radius 2 is 1.48 bits per heavy atom. The van der Waals surface area contributed by atoms with Crippen LogP contribution in [0.4, 0.5) is 0 Å². The lowest BCUT2D eigenvalue weighted by Gasteiger charge is -2.37. The number of hydrogen-bond acceptors (Lipinski definition) is 5. The van der Waals surface area contributed by atoms with E-state index in [2.05, 4.69) is 24.3 Å². The topological polar surface area (TPSA) is 90.2 Å². The predicted octanol–water partition coefficient (Wildman–Crippen LogP) is 1.13. The lowest BCUT2D eigenvalue weighted by Crippen LogP contribution is -2.47. The van der Waals surface area contributed by atoms with Crippen molar-refractivity contribution in [2.24, 2.45) is 0 Å². The smallest absolute Gasteiger partial charge is 0.402 e. The van der Waals surface area contributed by atoms with E-state index < -0.39 is 18.5 Å². The molecule has 0 radical (unpaired) electrons. The van der Waals surface area contributed by atoms with Crippen molar-refractivity contribution < 1.29 is 24.9 Å². The van der Waals surface area contributed by atoms with Crippen molar-refractivity contribution in [3.8, 4) is 0 Å². The fourth-order valence-corrected chi connectivity index (χ4v) is 1.42. The molecule has 0 amide bonds. The van der Waals surface area contributed by atoms with Crippen LogP contribution >= 0.6 is 0 Å². The van der Waals surface area contributed by atoms with Crippen LogP contribution in [0.2, 0.25) is 0 Å². The SMILES string of the molecule is CC(C)(O)C(C)(C)OCCCc1ccccc1.OB(O)O. The van der Waals surface area contributed by atoms with Crippen LogP contribution in [0.15, 0.2) is 30.3 Å². The van der Waals surface area contributed by atoms with E-state index in [1.807, 2.05) is 19.9 Å². The Bertz CT molecular complexity index is 371. The molecule has 1 aromatic rings. The Hall–Kier alpha value is -0.915. The van der Waals surface area contributed by atoms with Gasteiger partial charge in [0.15, 0.2) is 0 Å². The van der Waals surface area contributed by atoms with Crippen LogP contribution in [-0.4, -0.2) is 45.3 Å². The second-order valence-electron chi connectivity index (χ2n) is 5.85. The number of aryl methyl sites for hydroxylation is 1. The molecule has 0 bridgehead atoms. The van der Waals surface area contributed by atoms with Gasteiger partial charge in [0, 0.05) is 6.61 Å². The molecule has 0 spiro atoms. The van der Waals surface area contributed by atoms with E-state index in [1.165, 1.54) is 5.56 Å². The quantitative estimate of drug-likeness (QED) is 0.467. The minimum atomic E-state index is -2.17. The summed E-state index contributed by atoms with van der Waals surface area (Å²) in [6, 6.07) is 10.4. The van der Waals surface area contributed by atoms with E-state index >= 15 is 0 Å². The Balaban J connectivity index is 0.000000885. The molecule has 0 aliphatic carbocycles. The molecule has 6 heteroatoms. The maximum atomic E-state index is 9.94. The molecule has 21 heavy (non-hydrogen) atoms. The Kier molecular flexibility index (Phi) is 8.77. The molecular weight excluding hydrogens is 271 g/mol. The lowest BCUT2D eigenvalue weighted by atomic mass is 9.89. The highest BCUT2D eigenvalue weighted by molar-refractivity contribution is 6.30. The van der Waals surface area contributed by atoms with E-state index in [0.29, 0.717) is 6.61 Å². The van der Waals surface area contributed by atoms with Gasteiger partial charge in [-0.3, -0.25) is 0 Å². The van der Waals surface area contributed by atoms with Crippen molar-refractivity contribution in [2.75, 3.05) is 6.61 Å². The standard InChI is InChI=1S/C15H24O2.BH3O3/c1-14(2,16)15(3,4)17-12-8-11-13-9-6-5-7-10-13;2-1(3)4/h5-7,9-10,16H,8,11-12H2,1-4H3;2-4H. The molecule has 4 N–H and O–H groups in total. The highest BCUT2D eigenvalue weighted by Gasteiger charge is 2.35. The van der Waals surface area contributed by atoms with Crippen LogP contribution in [0.3, 0.4) is 0 Å². The van der Waals surface area contributed by atoms with Crippen LogP contribution in [0.25, 0.3) is 0 Å². The molecule has 0 aliphatic heterocycles. The van der Waals surface area contributed by atoms with Gasteiger partial charge in [-0.15, -0.1) is 0 Å². The first-order valence-electron chi connectivity index (χ1n) is 7.01. The van der Waals surface area contributed by atoms with E-state index in [1.54, 1.807) is 13.8 Å². The zero-order valence-corrected chi connectivity index (χ0v) is 13.3. The summed E-state index contributed by atoms with van der Waals surface area (Å²) < 4.78 is 5.77. The van der Waals surface area contributed by atoms with Gasteiger partial charge in [0.1, 0.15) is 0 Å². The van der Waals surface area contributed by atoms with Crippen molar-refractivity contribution in [3.05, 3.63) is 35.9 Å². The molecule has 0 saturated heterocycles. The molecule has 0 aromatic heterocycles. The van der Waals surface area contributed by atoms with Crippen LogP contribution in [0, 0.1) is 0 Å². The maximum absolute atomic E-state index is 9.94. The lowest BCUT2D eigenvalue weighted by molar-refractivity contribution is -0.147. The van der Waals surface area contributed by atoms with Gasteiger partial charge in [-0.25, -0.2) is 0 Å². The van der Waals surface area contributed by atoms with E-state index in [0.717, 1.165) is 12.8 Å². The summed E-state index contributed by atoms with van der Waals surface area (Å²) in [5, 5.41) is 31.4. The molecule has 0 unspecified atom stereocenters. The summed E-state index contributed by atoms with van der Waals surface area (Å²) in [4.78, 5) is 0. The molecule has 1 rings (SSSR count). The van der Waals surface area contributed by atoms with Crippen LogP contribution in [-0.2, 0) is 11.2 Å². The molecule has 0 heterocycles. The summed E-state index contributed by atoms with van der Waals surface area (Å²) in [7, 11) is -2.17. The largest absolute Gasteiger partial charge is 0.631 e. The zero-order valence-electron chi connectivity index (χ0n) is 13.3. The average molecular weight is 298 g/mol. The summed E-state index contributed by atoms with van der Waals surface area (Å²) in [6.07, 6.45) is 1.99. The molecule has 0 aliphatic rings. The Labute approximate surface area is 127 Å². The van der Waals surface area contributed by atoms with Crippen LogP contribution < -0.4 is 0 Å². The maximum Gasteiger partial charge on any atom is 0.631 e. The highest BCUT2D eigenvalue weighted by atomic mass is 16.5. The number of hydrogen-bond donors (Lipinski definition) is 4. The van der Waals surface area contributed by atoms with Gasteiger partial charge in [0.25, 0.3) is 0 Å². The minimum absolute atomic E-state index is 0.510. The molecule has 5 nitrogen and oxygen atoms in total. The first-order valence-corrected chi connectivity index (χ1v) is 7.01. The second kappa shape index (κ2) is 9.17. The number of rotatable bonds is 6. The molecule has 0 atom stereocenters. The Morgan fingerprint density at radius 3 is 1.90 bits per heavy atom. The van der Waals surface area contributed by atoms with Gasteiger partial charge in [-0.2, -0.15) is 0 Å². The first-order chi connectivity index (χ1) is 9.56. The summed E-state index contributed by atoms with van der Waals surface area (Å²) in [5.74, 6) is 0. The van der Waals surface area contributed by atoms with Gasteiger partial charge in [0.05, 0.1) is 11.2 Å². The summed E-state index contributed by atoms with van der Waals surface area (Å²) >= 11 is 0. The van der Waals surface area contributed by atoms with Crippen LogP contribution in [0.1, 0.15) is 39.7 Å². The van der Waals surface area contributed by atoms with Gasteiger partial charge >= 0.3 is 7.32 Å². The number of aliphatic hydroxyl groups is 1. The third-order valence-electron chi connectivity index (χ3n) is 3.39. The fourth-order valence-electron chi connectivity index (χ4n) is 1.42. The Morgan fingerprint density at radius 1 is 1.00 bits per heavy atom. The van der Waals surface area contributed by atoms with Crippen molar-refractivity contribution in [2.45, 2.75) is 51.7 Å². The molecule has 0 fully saturated rings. The number of benzene rings is 1. The molecule has 0 saturated carbocycles. The third-order valence-corrected chi connectivity index (χ3v) is 3.39. The van der Waals surface area contributed by atoms with E-state index in [4.69, 9.17) is 19.8 Å². The normalized spacial score (nSPS) is 11.6. The first kappa shape index (κ1) is 20.1. The number of ether oxygens (including phenoxy) is 1. The van der Waals surface area contributed by atoms with Crippen LogP contribution in [0.5, 0.6) is 0 Å². The van der Waals surface area contributed by atoms with Crippen molar-refractivity contribution in [1.82, 2.24) is 0 Å². The van der Waals surface area contributed by atoms with E-state index in [-0.39, 0.29) is 0 Å². The molecular formula is C15H27BO5. The van der Waals surface area contributed by atoms with Gasteiger partial charge < -0.3 is 24.9 Å². The summed E-state index contributed by atoms with van der Waals surface area (Å²) in [6.45, 7) is 8.09. The average Bonchev–Trinajstić information content (AvgIpc) is 2.34. The summed E-state index contributed by atoms with van der Waals surface area (Å²) in [5.41, 5.74) is 0.000782. The minimum Gasteiger partial charge on any atom is -0.402 e. The third kappa shape index (κ3) is 9.60. The second-order valence-corrected chi connectivity index (χ2v) is 5.85. The van der Waals surface area contributed by atoms with E-state index in [9.17, 15) is 5.11 Å². The van der Waals surface area contributed by atoms with Gasteiger partial charge in [-0.1, -0.05) is 30.3 Å². The predicted molar refractivity (Wildman–Crippen MR) is 83.5 cm³/mol. The molecule has 1 aromatic carbocycles. The van der Waals surface area contributed by atoms with Crippen molar-refractivity contribution in [1.29, 1.82) is 0 Å². The zero-order chi connectivity index (χ0) is 16.5.